The zero-order valence-electron chi connectivity index (χ0n) is 20.3. The van der Waals surface area contributed by atoms with Gasteiger partial charge in [-0.2, -0.15) is 0 Å². The van der Waals surface area contributed by atoms with E-state index in [2.05, 4.69) is 55.8 Å². The molecule has 6 heteroatoms. The molecule has 0 fully saturated rings. The van der Waals surface area contributed by atoms with Crippen molar-refractivity contribution >= 4 is 17.2 Å². The molecule has 0 saturated heterocycles. The maximum Gasteiger partial charge on any atom is 0.237 e. The highest BCUT2D eigenvalue weighted by molar-refractivity contribution is 7.10. The number of rotatable bonds is 12. The second-order valence-corrected chi connectivity index (χ2v) is 9.99. The molecular formula is C27H38N2O3S. The number of thiophene rings is 1. The Morgan fingerprint density at radius 1 is 1.39 bits per heavy atom. The van der Waals surface area contributed by atoms with Crippen molar-refractivity contribution in [3.8, 4) is 5.75 Å². The minimum absolute atomic E-state index is 0.0950. The fourth-order valence-corrected chi connectivity index (χ4v) is 5.47. The minimum Gasteiger partial charge on any atom is -0.491 e. The molecule has 1 aromatic carbocycles. The number of hydrogen-bond donors (Lipinski definition) is 1. The highest BCUT2D eigenvalue weighted by Crippen LogP contribution is 2.34. The number of aliphatic hydroxyl groups excluding tert-OH is 1. The summed E-state index contributed by atoms with van der Waals surface area (Å²) >= 11 is 1.76. The van der Waals surface area contributed by atoms with E-state index in [0.717, 1.165) is 37.1 Å². The Balaban J connectivity index is 1.71. The lowest BCUT2D eigenvalue weighted by molar-refractivity contribution is -0.136. The van der Waals surface area contributed by atoms with Gasteiger partial charge in [0.2, 0.25) is 5.91 Å². The summed E-state index contributed by atoms with van der Waals surface area (Å²) in [5, 5.41) is 12.5. The SMILES string of the molecule is C=CCC[C@@H](O)CN(CCC)CC(=O)N1CCc2sccc2[C@@H]1COc1ccc(C)cc1C. The van der Waals surface area contributed by atoms with E-state index < -0.39 is 6.10 Å². The van der Waals surface area contributed by atoms with Gasteiger partial charge in [0.25, 0.3) is 0 Å². The van der Waals surface area contributed by atoms with Gasteiger partial charge in [0.1, 0.15) is 12.4 Å². The van der Waals surface area contributed by atoms with Crippen LogP contribution >= 0.6 is 11.3 Å². The van der Waals surface area contributed by atoms with Gasteiger partial charge in [-0.25, -0.2) is 0 Å². The molecular weight excluding hydrogens is 432 g/mol. The number of benzene rings is 1. The van der Waals surface area contributed by atoms with Crippen LogP contribution in [0.15, 0.2) is 42.3 Å². The Hall–Kier alpha value is -2.15. The molecule has 0 spiro atoms. The Bertz CT molecular complexity index is 926. The van der Waals surface area contributed by atoms with Crippen LogP contribution in [0.4, 0.5) is 0 Å². The molecule has 0 unspecified atom stereocenters. The first-order valence-corrected chi connectivity index (χ1v) is 12.9. The van der Waals surface area contributed by atoms with Crippen molar-refractivity contribution in [2.24, 2.45) is 0 Å². The first kappa shape index (κ1) is 25.5. The van der Waals surface area contributed by atoms with Gasteiger partial charge in [-0.15, -0.1) is 17.9 Å². The first-order chi connectivity index (χ1) is 15.9. The quantitative estimate of drug-likeness (QED) is 0.448. The molecule has 0 aliphatic carbocycles. The van der Waals surface area contributed by atoms with Crippen LogP contribution < -0.4 is 4.74 Å². The second-order valence-electron chi connectivity index (χ2n) is 8.99. The largest absolute Gasteiger partial charge is 0.491 e. The molecule has 0 bridgehead atoms. The lowest BCUT2D eigenvalue weighted by Gasteiger charge is -2.37. The third kappa shape index (κ3) is 6.92. The van der Waals surface area contributed by atoms with Crippen LogP contribution in [0.1, 0.15) is 53.8 Å². The normalized spacial score (nSPS) is 16.5. The highest BCUT2D eigenvalue weighted by Gasteiger charge is 2.33. The van der Waals surface area contributed by atoms with E-state index in [-0.39, 0.29) is 11.9 Å². The van der Waals surface area contributed by atoms with E-state index in [1.807, 2.05) is 17.0 Å². The van der Waals surface area contributed by atoms with Crippen LogP contribution in [0.5, 0.6) is 5.75 Å². The summed E-state index contributed by atoms with van der Waals surface area (Å²) in [6.07, 6.45) is 4.65. The van der Waals surface area contributed by atoms with E-state index in [1.54, 1.807) is 11.3 Å². The topological polar surface area (TPSA) is 53.0 Å². The van der Waals surface area contributed by atoms with E-state index >= 15 is 0 Å². The predicted octanol–water partition coefficient (Wildman–Crippen LogP) is 4.91. The van der Waals surface area contributed by atoms with Crippen molar-refractivity contribution in [3.63, 3.8) is 0 Å². The lowest BCUT2D eigenvalue weighted by atomic mass is 10.00. The van der Waals surface area contributed by atoms with E-state index in [4.69, 9.17) is 4.74 Å². The van der Waals surface area contributed by atoms with E-state index in [1.165, 1.54) is 16.0 Å². The number of ether oxygens (including phenoxy) is 1. The van der Waals surface area contributed by atoms with E-state index in [0.29, 0.717) is 32.7 Å². The third-order valence-corrected chi connectivity index (χ3v) is 7.21. The average molecular weight is 471 g/mol. The smallest absolute Gasteiger partial charge is 0.237 e. The zero-order valence-corrected chi connectivity index (χ0v) is 21.1. The predicted molar refractivity (Wildman–Crippen MR) is 136 cm³/mol. The molecule has 1 aliphatic rings. The van der Waals surface area contributed by atoms with Gasteiger partial charge < -0.3 is 14.7 Å². The van der Waals surface area contributed by atoms with Crippen LogP contribution in [0, 0.1) is 13.8 Å². The number of nitrogens with zero attached hydrogens (tertiary/aromatic N) is 2. The number of aliphatic hydroxyl groups is 1. The minimum atomic E-state index is -0.448. The van der Waals surface area contributed by atoms with Gasteiger partial charge >= 0.3 is 0 Å². The van der Waals surface area contributed by atoms with Crippen LogP contribution in [-0.4, -0.2) is 59.7 Å². The summed E-state index contributed by atoms with van der Waals surface area (Å²) in [7, 11) is 0. The maximum absolute atomic E-state index is 13.5. The molecule has 0 saturated carbocycles. The average Bonchev–Trinajstić information content (AvgIpc) is 3.26. The number of hydrogen-bond acceptors (Lipinski definition) is 5. The lowest BCUT2D eigenvalue weighted by Crippen LogP contribution is -2.48. The van der Waals surface area contributed by atoms with Gasteiger partial charge in [-0.05, 0) is 74.7 Å². The fourth-order valence-electron chi connectivity index (χ4n) is 4.54. The number of amides is 1. The van der Waals surface area contributed by atoms with Gasteiger partial charge in [0.05, 0.1) is 18.7 Å². The van der Waals surface area contributed by atoms with Crippen molar-refractivity contribution < 1.29 is 14.6 Å². The fraction of sp³-hybridized carbons (Fsp3) is 0.519. The summed E-state index contributed by atoms with van der Waals surface area (Å²) in [6, 6.07) is 8.24. The van der Waals surface area contributed by atoms with Crippen LogP contribution in [0.3, 0.4) is 0 Å². The van der Waals surface area contributed by atoms with Crippen molar-refractivity contribution in [1.82, 2.24) is 9.80 Å². The van der Waals surface area contributed by atoms with Crippen molar-refractivity contribution in [1.29, 1.82) is 0 Å². The Morgan fingerprint density at radius 3 is 2.94 bits per heavy atom. The van der Waals surface area contributed by atoms with Crippen molar-refractivity contribution in [2.75, 3.05) is 32.8 Å². The maximum atomic E-state index is 13.5. The molecule has 2 atom stereocenters. The summed E-state index contributed by atoms with van der Waals surface area (Å²) in [4.78, 5) is 18.9. The summed E-state index contributed by atoms with van der Waals surface area (Å²) in [5.41, 5.74) is 3.52. The Labute approximate surface area is 202 Å². The molecule has 2 heterocycles. The molecule has 33 heavy (non-hydrogen) atoms. The Morgan fingerprint density at radius 2 is 2.21 bits per heavy atom. The number of allylic oxidation sites excluding steroid dienone is 1. The number of aryl methyl sites for hydroxylation is 2. The molecule has 1 aromatic heterocycles. The van der Waals surface area contributed by atoms with Gasteiger partial charge in [-0.1, -0.05) is 30.7 Å². The van der Waals surface area contributed by atoms with Crippen LogP contribution in [-0.2, 0) is 11.2 Å². The van der Waals surface area contributed by atoms with Crippen molar-refractivity contribution in [3.05, 3.63) is 63.9 Å². The van der Waals surface area contributed by atoms with Crippen LogP contribution in [0.2, 0.25) is 0 Å². The van der Waals surface area contributed by atoms with Gasteiger partial charge in [0.15, 0.2) is 0 Å². The molecule has 1 aliphatic heterocycles. The summed E-state index contributed by atoms with van der Waals surface area (Å²) < 4.78 is 6.25. The van der Waals surface area contributed by atoms with Crippen molar-refractivity contribution in [2.45, 2.75) is 58.6 Å². The standard InChI is InChI=1S/C27H38N2O3S/c1-5-7-8-22(30)17-28(13-6-2)18-27(31)29-14-11-26-23(12-15-33-26)24(29)19-32-25-10-9-20(3)16-21(25)4/h5,9-10,12,15-16,22,24,30H,1,6-8,11,13-14,17-19H2,2-4H3/t22-,24+/m1/s1. The van der Waals surface area contributed by atoms with Gasteiger partial charge in [-0.3, -0.25) is 9.69 Å². The van der Waals surface area contributed by atoms with E-state index in [9.17, 15) is 9.90 Å². The van der Waals surface area contributed by atoms with Gasteiger partial charge in [0, 0.05) is 18.0 Å². The second kappa shape index (κ2) is 12.4. The monoisotopic (exact) mass is 470 g/mol. The number of fused-ring (bicyclic) bond motifs is 1. The summed E-state index contributed by atoms with van der Waals surface area (Å²) in [5.74, 6) is 0.971. The van der Waals surface area contributed by atoms with Crippen LogP contribution in [0.25, 0.3) is 0 Å². The third-order valence-electron chi connectivity index (χ3n) is 6.21. The Kier molecular flexibility index (Phi) is 9.53. The first-order valence-electron chi connectivity index (χ1n) is 12.0. The summed E-state index contributed by atoms with van der Waals surface area (Å²) in [6.45, 7) is 12.7. The molecule has 0 radical (unpaired) electrons. The highest BCUT2D eigenvalue weighted by atomic mass is 32.1. The number of carbonyl (C=O) groups excluding carboxylic acids is 1. The molecule has 2 aromatic rings. The molecule has 3 rings (SSSR count). The molecule has 1 N–H and O–H groups in total. The molecule has 1 amide bonds. The molecule has 5 nitrogen and oxygen atoms in total. The zero-order chi connectivity index (χ0) is 23.8. The molecule has 180 valence electrons. The number of carbonyl (C=O) groups is 1.